The molecule has 0 N–H and O–H groups in total. The second kappa shape index (κ2) is 19.6. The number of hydrogen-bond donors (Lipinski definition) is 0. The van der Waals surface area contributed by atoms with E-state index >= 15 is 0 Å². The SMILES string of the molecule is C[n+]1ccccc1CCCCCCCCCCCCCCCCCCCCC(=O)[O-]. The van der Waals surface area contributed by atoms with E-state index in [1.54, 1.807) is 0 Å². The highest BCUT2D eigenvalue weighted by Crippen LogP contribution is 2.14. The topological polar surface area (TPSA) is 44.0 Å². The summed E-state index contributed by atoms with van der Waals surface area (Å²) in [5.74, 6) is -0.904. The molecule has 0 spiro atoms. The predicted octanol–water partition coefficient (Wildman–Crippen LogP) is 6.22. The van der Waals surface area contributed by atoms with Crippen LogP contribution in [0.4, 0.5) is 0 Å². The van der Waals surface area contributed by atoms with Crippen LogP contribution in [0.1, 0.15) is 128 Å². The molecular formula is C27H47NO2. The number of pyridine rings is 1. The summed E-state index contributed by atoms with van der Waals surface area (Å²) in [7, 11) is 2.14. The number of unbranched alkanes of at least 4 members (excludes halogenated alkanes) is 17. The first-order valence-electron chi connectivity index (χ1n) is 12.8. The van der Waals surface area contributed by atoms with E-state index in [0.29, 0.717) is 0 Å². The summed E-state index contributed by atoms with van der Waals surface area (Å²) in [6, 6.07) is 6.48. The first-order valence-corrected chi connectivity index (χ1v) is 12.8. The maximum atomic E-state index is 10.3. The zero-order valence-electron chi connectivity index (χ0n) is 19.7. The summed E-state index contributed by atoms with van der Waals surface area (Å²) in [4.78, 5) is 10.3. The number of aryl methyl sites for hydroxylation is 2. The van der Waals surface area contributed by atoms with Crippen molar-refractivity contribution in [3.05, 3.63) is 30.1 Å². The number of carboxylic acid groups (broad SMARTS) is 1. The van der Waals surface area contributed by atoms with Crippen molar-refractivity contribution in [2.45, 2.75) is 128 Å². The fourth-order valence-electron chi connectivity index (χ4n) is 4.22. The molecule has 3 nitrogen and oxygen atoms in total. The van der Waals surface area contributed by atoms with Gasteiger partial charge >= 0.3 is 0 Å². The van der Waals surface area contributed by atoms with Gasteiger partial charge in [0.2, 0.25) is 0 Å². The highest BCUT2D eigenvalue weighted by Gasteiger charge is 2.03. The number of aromatic nitrogens is 1. The minimum atomic E-state index is -0.904. The van der Waals surface area contributed by atoms with Crippen LogP contribution in [-0.4, -0.2) is 5.97 Å². The van der Waals surface area contributed by atoms with Gasteiger partial charge in [0.15, 0.2) is 11.9 Å². The molecule has 0 aliphatic rings. The number of hydrogen-bond acceptors (Lipinski definition) is 2. The van der Waals surface area contributed by atoms with E-state index in [4.69, 9.17) is 0 Å². The second-order valence-corrected chi connectivity index (χ2v) is 9.04. The number of nitrogens with zero attached hydrogens (tertiary/aromatic N) is 1. The minimum Gasteiger partial charge on any atom is -0.550 e. The third-order valence-electron chi connectivity index (χ3n) is 6.23. The summed E-state index contributed by atoms with van der Waals surface area (Å²) in [6.45, 7) is 0. The monoisotopic (exact) mass is 417 g/mol. The molecule has 1 aromatic heterocycles. The van der Waals surface area contributed by atoms with E-state index < -0.39 is 5.97 Å². The lowest BCUT2D eigenvalue weighted by Crippen LogP contribution is -2.32. The van der Waals surface area contributed by atoms with Crippen molar-refractivity contribution in [1.82, 2.24) is 0 Å². The molecule has 1 heterocycles. The lowest BCUT2D eigenvalue weighted by molar-refractivity contribution is -0.679. The molecule has 0 amide bonds. The first kappa shape index (κ1) is 26.7. The molecule has 30 heavy (non-hydrogen) atoms. The summed E-state index contributed by atoms with van der Waals surface area (Å²) < 4.78 is 2.24. The fourth-order valence-corrected chi connectivity index (χ4v) is 4.22. The highest BCUT2D eigenvalue weighted by atomic mass is 16.4. The van der Waals surface area contributed by atoms with Crippen molar-refractivity contribution >= 4 is 5.97 Å². The van der Waals surface area contributed by atoms with Gasteiger partial charge in [0.25, 0.3) is 0 Å². The second-order valence-electron chi connectivity index (χ2n) is 9.04. The summed E-state index contributed by atoms with van der Waals surface area (Å²) in [5.41, 5.74) is 1.45. The van der Waals surface area contributed by atoms with Crippen LogP contribution in [-0.2, 0) is 18.3 Å². The van der Waals surface area contributed by atoms with Crippen molar-refractivity contribution < 1.29 is 14.5 Å². The Morgan fingerprint density at radius 2 is 1.07 bits per heavy atom. The van der Waals surface area contributed by atoms with Gasteiger partial charge in [-0.2, -0.15) is 0 Å². The van der Waals surface area contributed by atoms with Crippen LogP contribution in [0.15, 0.2) is 24.4 Å². The molecule has 0 aromatic carbocycles. The average molecular weight is 418 g/mol. The largest absolute Gasteiger partial charge is 0.550 e. The highest BCUT2D eigenvalue weighted by molar-refractivity contribution is 5.64. The lowest BCUT2D eigenvalue weighted by atomic mass is 10.0. The molecular weight excluding hydrogens is 370 g/mol. The summed E-state index contributed by atoms with van der Waals surface area (Å²) >= 11 is 0. The molecule has 0 atom stereocenters. The van der Waals surface area contributed by atoms with Gasteiger partial charge < -0.3 is 9.90 Å². The molecule has 1 aromatic rings. The lowest BCUT2D eigenvalue weighted by Gasteiger charge is -2.04. The Balaban J connectivity index is 1.71. The van der Waals surface area contributed by atoms with Crippen LogP contribution in [0, 0.1) is 0 Å². The van der Waals surface area contributed by atoms with E-state index in [9.17, 15) is 9.90 Å². The third-order valence-corrected chi connectivity index (χ3v) is 6.23. The van der Waals surface area contributed by atoms with Crippen LogP contribution in [0.3, 0.4) is 0 Å². The molecule has 0 bridgehead atoms. The molecule has 0 unspecified atom stereocenters. The Kier molecular flexibility index (Phi) is 17.4. The maximum absolute atomic E-state index is 10.3. The molecule has 0 aliphatic carbocycles. The number of carbonyl (C=O) groups excluding carboxylic acids is 1. The smallest absolute Gasteiger partial charge is 0.181 e. The average Bonchev–Trinajstić information content (AvgIpc) is 2.73. The van der Waals surface area contributed by atoms with Gasteiger partial charge in [-0.25, -0.2) is 4.57 Å². The zero-order valence-corrected chi connectivity index (χ0v) is 19.7. The Bertz CT molecular complexity index is 529. The number of rotatable bonds is 21. The normalized spacial score (nSPS) is 11.1. The van der Waals surface area contributed by atoms with Crippen LogP contribution >= 0.6 is 0 Å². The minimum absolute atomic E-state index is 0.230. The van der Waals surface area contributed by atoms with Crippen LogP contribution in [0.25, 0.3) is 0 Å². The van der Waals surface area contributed by atoms with E-state index in [2.05, 4.69) is 36.0 Å². The Morgan fingerprint density at radius 1 is 0.667 bits per heavy atom. The van der Waals surface area contributed by atoms with Crippen molar-refractivity contribution in [2.24, 2.45) is 7.05 Å². The van der Waals surface area contributed by atoms with E-state index in [0.717, 1.165) is 12.8 Å². The first-order chi connectivity index (χ1) is 14.7. The predicted molar refractivity (Wildman–Crippen MR) is 124 cm³/mol. The van der Waals surface area contributed by atoms with Crippen molar-refractivity contribution in [3.8, 4) is 0 Å². The van der Waals surface area contributed by atoms with Gasteiger partial charge in [-0.05, 0) is 19.3 Å². The van der Waals surface area contributed by atoms with Crippen molar-refractivity contribution in [2.75, 3.05) is 0 Å². The number of carboxylic acids is 1. The number of aliphatic carboxylic acids is 1. The Labute approximate surface area is 186 Å². The van der Waals surface area contributed by atoms with Crippen LogP contribution < -0.4 is 9.67 Å². The maximum Gasteiger partial charge on any atom is 0.181 e. The zero-order chi connectivity index (χ0) is 21.7. The van der Waals surface area contributed by atoms with Gasteiger partial charge in [-0.1, -0.05) is 109 Å². The molecule has 172 valence electrons. The molecule has 1 rings (SSSR count). The molecule has 3 heteroatoms. The quantitative estimate of drug-likeness (QED) is 0.176. The van der Waals surface area contributed by atoms with Gasteiger partial charge in [-0.15, -0.1) is 0 Å². The molecule has 0 saturated carbocycles. The fraction of sp³-hybridized carbons (Fsp3) is 0.778. The molecule has 0 radical (unpaired) electrons. The Morgan fingerprint density at radius 3 is 1.47 bits per heavy atom. The standard InChI is InChI=1S/C27H47NO2/c1-28-25-21-20-23-26(28)22-18-16-14-12-10-8-6-4-2-3-5-7-9-11-13-15-17-19-24-27(29)30/h20-21,23,25H,2-19,22,24H2,1H3. The van der Waals surface area contributed by atoms with Crippen molar-refractivity contribution in [3.63, 3.8) is 0 Å². The summed E-state index contributed by atoms with van der Waals surface area (Å²) in [6.07, 6.45) is 27.3. The Hall–Kier alpha value is -1.38. The van der Waals surface area contributed by atoms with Gasteiger partial charge in [-0.3, -0.25) is 0 Å². The third kappa shape index (κ3) is 16.4. The summed E-state index contributed by atoms with van der Waals surface area (Å²) in [5, 5.41) is 10.3. The van der Waals surface area contributed by atoms with E-state index in [1.807, 2.05) is 0 Å². The van der Waals surface area contributed by atoms with Crippen molar-refractivity contribution in [1.29, 1.82) is 0 Å². The van der Waals surface area contributed by atoms with Crippen LogP contribution in [0.2, 0.25) is 0 Å². The van der Waals surface area contributed by atoms with Gasteiger partial charge in [0.1, 0.15) is 7.05 Å². The van der Waals surface area contributed by atoms with Gasteiger partial charge in [0, 0.05) is 24.5 Å². The van der Waals surface area contributed by atoms with Crippen LogP contribution in [0.5, 0.6) is 0 Å². The van der Waals surface area contributed by atoms with Gasteiger partial charge in [0.05, 0.1) is 0 Å². The molecule has 0 saturated heterocycles. The molecule has 0 aliphatic heterocycles. The van der Waals surface area contributed by atoms with E-state index in [-0.39, 0.29) is 6.42 Å². The van der Waals surface area contributed by atoms with E-state index in [1.165, 1.54) is 115 Å². The number of carbonyl (C=O) groups is 1. The molecule has 0 fully saturated rings.